The van der Waals surface area contributed by atoms with Gasteiger partial charge in [0.1, 0.15) is 0 Å². The summed E-state index contributed by atoms with van der Waals surface area (Å²) in [5.41, 5.74) is 2.27. The highest BCUT2D eigenvalue weighted by Crippen LogP contribution is 2.40. The number of ether oxygens (including phenoxy) is 2. The Morgan fingerprint density at radius 2 is 1.62 bits per heavy atom. The van der Waals surface area contributed by atoms with E-state index in [1.54, 1.807) is 14.2 Å². The van der Waals surface area contributed by atoms with Crippen LogP contribution >= 0.6 is 11.6 Å². The Morgan fingerprint density at radius 3 is 2.25 bits per heavy atom. The van der Waals surface area contributed by atoms with Gasteiger partial charge in [0.25, 0.3) is 0 Å². The molecule has 2 aromatic carbocycles. The first-order valence-corrected chi connectivity index (χ1v) is 8.53. The van der Waals surface area contributed by atoms with Crippen molar-refractivity contribution < 1.29 is 9.47 Å². The molecule has 1 unspecified atom stereocenters. The number of piperazine rings is 1. The van der Waals surface area contributed by atoms with Crippen molar-refractivity contribution in [2.24, 2.45) is 0 Å². The van der Waals surface area contributed by atoms with E-state index in [0.29, 0.717) is 16.5 Å². The van der Waals surface area contributed by atoms with Crippen LogP contribution in [0.25, 0.3) is 0 Å². The fourth-order valence-corrected chi connectivity index (χ4v) is 3.50. The van der Waals surface area contributed by atoms with Gasteiger partial charge in [-0.1, -0.05) is 41.9 Å². The van der Waals surface area contributed by atoms with Crippen molar-refractivity contribution in [3.63, 3.8) is 0 Å². The van der Waals surface area contributed by atoms with E-state index in [9.17, 15) is 0 Å². The number of halogens is 1. The summed E-state index contributed by atoms with van der Waals surface area (Å²) in [5.74, 6) is 1.35. The summed E-state index contributed by atoms with van der Waals surface area (Å²) in [6.07, 6.45) is 0. The molecule has 0 bridgehead atoms. The summed E-state index contributed by atoms with van der Waals surface area (Å²) in [5, 5.41) is 4.10. The van der Waals surface area contributed by atoms with Gasteiger partial charge in [0.05, 0.1) is 20.3 Å². The van der Waals surface area contributed by atoms with E-state index in [1.165, 1.54) is 5.56 Å². The van der Waals surface area contributed by atoms with Crippen LogP contribution in [0.1, 0.15) is 17.2 Å². The monoisotopic (exact) mass is 346 g/mol. The van der Waals surface area contributed by atoms with Gasteiger partial charge in [0, 0.05) is 37.3 Å². The Labute approximate surface area is 148 Å². The van der Waals surface area contributed by atoms with E-state index in [4.69, 9.17) is 21.1 Å². The van der Waals surface area contributed by atoms with E-state index in [2.05, 4.69) is 34.5 Å². The molecule has 1 aliphatic rings. The average Bonchev–Trinajstić information content (AvgIpc) is 2.64. The van der Waals surface area contributed by atoms with Gasteiger partial charge in [-0.2, -0.15) is 0 Å². The van der Waals surface area contributed by atoms with Crippen molar-refractivity contribution in [2.45, 2.75) is 6.04 Å². The molecule has 3 rings (SSSR count). The molecule has 128 valence electrons. The van der Waals surface area contributed by atoms with Crippen molar-refractivity contribution in [1.82, 2.24) is 10.2 Å². The van der Waals surface area contributed by atoms with Crippen LogP contribution in [0.15, 0.2) is 42.5 Å². The predicted octanol–water partition coefficient (Wildman–Crippen LogP) is 3.35. The normalized spacial score (nSPS) is 16.6. The van der Waals surface area contributed by atoms with Crippen molar-refractivity contribution in [3.8, 4) is 11.5 Å². The summed E-state index contributed by atoms with van der Waals surface area (Å²) in [6, 6.07) is 14.4. The third kappa shape index (κ3) is 3.51. The number of hydrogen-bond acceptors (Lipinski definition) is 4. The van der Waals surface area contributed by atoms with Crippen LogP contribution < -0.4 is 14.8 Å². The highest BCUT2D eigenvalue weighted by molar-refractivity contribution is 6.31. The summed E-state index contributed by atoms with van der Waals surface area (Å²) in [4.78, 5) is 2.46. The number of methoxy groups -OCH3 is 2. The minimum atomic E-state index is 0.0978. The fraction of sp³-hybridized carbons (Fsp3) is 0.368. The number of nitrogens with zero attached hydrogens (tertiary/aromatic N) is 1. The standard InChI is InChI=1S/C19H23ClN2O2/c1-23-17-12-15(16(20)13-18(17)24-2)19(14-6-4-3-5-7-14)22-10-8-21-9-11-22/h3-7,12-13,19,21H,8-11H2,1-2H3. The molecule has 1 atom stereocenters. The zero-order valence-corrected chi connectivity index (χ0v) is 14.8. The maximum absolute atomic E-state index is 6.62. The van der Waals surface area contributed by atoms with Gasteiger partial charge in [0.2, 0.25) is 0 Å². The van der Waals surface area contributed by atoms with Crippen LogP contribution in [0.4, 0.5) is 0 Å². The third-order valence-electron chi connectivity index (χ3n) is 4.43. The lowest BCUT2D eigenvalue weighted by atomic mass is 9.96. The fourth-order valence-electron chi connectivity index (χ4n) is 3.24. The Kier molecular flexibility index (Phi) is 5.61. The third-order valence-corrected chi connectivity index (χ3v) is 4.76. The van der Waals surface area contributed by atoms with E-state index < -0.39 is 0 Å². The van der Waals surface area contributed by atoms with Gasteiger partial charge in [0.15, 0.2) is 11.5 Å². The number of rotatable bonds is 5. The van der Waals surface area contributed by atoms with Crippen LogP contribution in [0.5, 0.6) is 11.5 Å². The van der Waals surface area contributed by atoms with Gasteiger partial charge in [-0.25, -0.2) is 0 Å². The van der Waals surface area contributed by atoms with Crippen LogP contribution in [-0.4, -0.2) is 45.3 Å². The SMILES string of the molecule is COc1cc(Cl)c(C(c2ccccc2)N2CCNCC2)cc1OC. The molecule has 0 aromatic heterocycles. The molecule has 24 heavy (non-hydrogen) atoms. The summed E-state index contributed by atoms with van der Waals surface area (Å²) >= 11 is 6.62. The Balaban J connectivity index is 2.08. The predicted molar refractivity (Wildman–Crippen MR) is 97.3 cm³/mol. The highest BCUT2D eigenvalue weighted by Gasteiger charge is 2.27. The first-order valence-electron chi connectivity index (χ1n) is 8.15. The molecule has 0 spiro atoms. The van der Waals surface area contributed by atoms with E-state index in [0.717, 1.165) is 31.7 Å². The van der Waals surface area contributed by atoms with Gasteiger partial charge in [-0.15, -0.1) is 0 Å². The molecule has 1 heterocycles. The molecule has 0 radical (unpaired) electrons. The second kappa shape index (κ2) is 7.88. The minimum absolute atomic E-state index is 0.0978. The quantitative estimate of drug-likeness (QED) is 0.900. The van der Waals surface area contributed by atoms with Crippen molar-refractivity contribution >= 4 is 11.6 Å². The molecule has 0 amide bonds. The molecule has 1 fully saturated rings. The molecule has 1 saturated heterocycles. The van der Waals surface area contributed by atoms with Crippen molar-refractivity contribution in [1.29, 1.82) is 0 Å². The first kappa shape index (κ1) is 17.1. The summed E-state index contributed by atoms with van der Waals surface area (Å²) in [6.45, 7) is 3.91. The average molecular weight is 347 g/mol. The summed E-state index contributed by atoms with van der Waals surface area (Å²) < 4.78 is 10.9. The molecule has 1 aliphatic heterocycles. The maximum Gasteiger partial charge on any atom is 0.162 e. The Morgan fingerprint density at radius 1 is 1.00 bits per heavy atom. The Hall–Kier alpha value is -1.75. The second-order valence-electron chi connectivity index (χ2n) is 5.83. The maximum atomic E-state index is 6.62. The van der Waals surface area contributed by atoms with E-state index in [-0.39, 0.29) is 6.04 Å². The van der Waals surface area contributed by atoms with Crippen LogP contribution in [0.2, 0.25) is 5.02 Å². The van der Waals surface area contributed by atoms with Crippen LogP contribution in [0, 0.1) is 0 Å². The topological polar surface area (TPSA) is 33.7 Å². The van der Waals surface area contributed by atoms with Crippen LogP contribution in [-0.2, 0) is 0 Å². The van der Waals surface area contributed by atoms with E-state index in [1.807, 2.05) is 18.2 Å². The molecular formula is C19H23ClN2O2. The molecule has 0 aliphatic carbocycles. The van der Waals surface area contributed by atoms with Gasteiger partial charge < -0.3 is 14.8 Å². The van der Waals surface area contributed by atoms with Crippen molar-refractivity contribution in [3.05, 3.63) is 58.6 Å². The van der Waals surface area contributed by atoms with Crippen molar-refractivity contribution in [2.75, 3.05) is 40.4 Å². The van der Waals surface area contributed by atoms with Gasteiger partial charge in [-0.3, -0.25) is 4.90 Å². The summed E-state index contributed by atoms with van der Waals surface area (Å²) in [7, 11) is 3.27. The first-order chi connectivity index (χ1) is 11.7. The zero-order chi connectivity index (χ0) is 16.9. The van der Waals surface area contributed by atoms with Gasteiger partial charge in [-0.05, 0) is 17.2 Å². The minimum Gasteiger partial charge on any atom is -0.493 e. The molecule has 2 aromatic rings. The lowest BCUT2D eigenvalue weighted by Gasteiger charge is -2.36. The molecular weight excluding hydrogens is 324 g/mol. The largest absolute Gasteiger partial charge is 0.493 e. The Bertz CT molecular complexity index is 673. The zero-order valence-electron chi connectivity index (χ0n) is 14.1. The molecule has 5 heteroatoms. The highest BCUT2D eigenvalue weighted by atomic mass is 35.5. The van der Waals surface area contributed by atoms with Crippen LogP contribution in [0.3, 0.4) is 0 Å². The lowest BCUT2D eigenvalue weighted by Crippen LogP contribution is -2.45. The molecule has 4 nitrogen and oxygen atoms in total. The number of hydrogen-bond donors (Lipinski definition) is 1. The van der Waals surface area contributed by atoms with Gasteiger partial charge >= 0.3 is 0 Å². The number of benzene rings is 2. The smallest absolute Gasteiger partial charge is 0.162 e. The number of nitrogens with one attached hydrogen (secondary N) is 1. The molecule has 1 N–H and O–H groups in total. The molecule has 0 saturated carbocycles. The lowest BCUT2D eigenvalue weighted by molar-refractivity contribution is 0.198. The van der Waals surface area contributed by atoms with E-state index >= 15 is 0 Å². The second-order valence-corrected chi connectivity index (χ2v) is 6.24.